The van der Waals surface area contributed by atoms with Crippen LogP contribution in [-0.2, 0) is 4.79 Å². The Morgan fingerprint density at radius 2 is 2.08 bits per heavy atom. The zero-order valence-corrected chi connectivity index (χ0v) is 8.81. The van der Waals surface area contributed by atoms with Crippen molar-refractivity contribution in [2.24, 2.45) is 0 Å². The summed E-state index contributed by atoms with van der Waals surface area (Å²) in [5.41, 5.74) is 0. The number of carbonyl (C=O) groups is 1. The fourth-order valence-corrected chi connectivity index (χ4v) is 0.997. The van der Waals surface area contributed by atoms with Gasteiger partial charge in [-0.1, -0.05) is 13.3 Å². The number of unbranched alkanes of at least 4 members (excludes halogenated alkanes) is 1. The van der Waals surface area contributed by atoms with Gasteiger partial charge in [-0.2, -0.15) is 0 Å². The van der Waals surface area contributed by atoms with Crippen LogP contribution >= 0.6 is 0 Å². The normalized spacial score (nSPS) is 10.5. The molecule has 1 N–H and O–H groups in total. The molecule has 0 bridgehead atoms. The van der Waals surface area contributed by atoms with Gasteiger partial charge in [-0.05, 0) is 33.5 Å². The smallest absolute Gasteiger partial charge is 0.219 e. The number of hydrogen-bond acceptors (Lipinski definition) is 2. The summed E-state index contributed by atoms with van der Waals surface area (Å²) in [7, 11) is 4.06. The first-order valence-electron chi connectivity index (χ1n) is 4.87. The van der Waals surface area contributed by atoms with Crippen molar-refractivity contribution < 1.29 is 4.79 Å². The van der Waals surface area contributed by atoms with Crippen LogP contribution < -0.4 is 5.32 Å². The molecule has 0 aliphatic heterocycles. The first kappa shape index (κ1) is 12.4. The van der Waals surface area contributed by atoms with Gasteiger partial charge in [0.1, 0.15) is 0 Å². The van der Waals surface area contributed by atoms with Crippen molar-refractivity contribution in [1.82, 2.24) is 10.2 Å². The van der Waals surface area contributed by atoms with E-state index in [1.54, 1.807) is 0 Å². The molecule has 0 aromatic rings. The highest BCUT2D eigenvalue weighted by Gasteiger charge is 1.98. The van der Waals surface area contributed by atoms with E-state index in [0.29, 0.717) is 6.42 Å². The fraction of sp³-hybridized carbons (Fsp3) is 0.800. The molecule has 0 fully saturated rings. The minimum atomic E-state index is 0.155. The minimum absolute atomic E-state index is 0.155. The third-order valence-corrected chi connectivity index (χ3v) is 1.76. The Morgan fingerprint density at radius 3 is 2.62 bits per heavy atom. The minimum Gasteiger partial charge on any atom is -0.356 e. The van der Waals surface area contributed by atoms with E-state index in [2.05, 4.69) is 17.1 Å². The van der Waals surface area contributed by atoms with E-state index in [1.165, 1.54) is 0 Å². The van der Waals surface area contributed by atoms with Crippen LogP contribution in [0.15, 0.2) is 0 Å². The summed E-state index contributed by atoms with van der Waals surface area (Å²) in [6, 6.07) is 0. The van der Waals surface area contributed by atoms with Crippen LogP contribution in [-0.4, -0.2) is 38.0 Å². The van der Waals surface area contributed by atoms with E-state index in [0.717, 1.165) is 32.4 Å². The van der Waals surface area contributed by atoms with E-state index < -0.39 is 0 Å². The van der Waals surface area contributed by atoms with E-state index in [9.17, 15) is 4.79 Å². The molecule has 0 aromatic heterocycles. The van der Waals surface area contributed by atoms with E-state index >= 15 is 0 Å². The highest BCUT2D eigenvalue weighted by atomic mass is 16.1. The second-order valence-electron chi connectivity index (χ2n) is 3.46. The SMILES string of the molecule is [CH2]CCCC(=O)NCCCN(C)C. The molecule has 0 unspecified atom stereocenters. The molecular weight excluding hydrogens is 164 g/mol. The molecule has 0 atom stereocenters. The lowest BCUT2D eigenvalue weighted by atomic mass is 10.2. The second kappa shape index (κ2) is 8.05. The van der Waals surface area contributed by atoms with E-state index in [-0.39, 0.29) is 5.91 Å². The molecule has 1 amide bonds. The van der Waals surface area contributed by atoms with Crippen LogP contribution in [0, 0.1) is 6.92 Å². The lowest BCUT2D eigenvalue weighted by Gasteiger charge is -2.09. The van der Waals surface area contributed by atoms with Gasteiger partial charge in [0.15, 0.2) is 0 Å². The second-order valence-corrected chi connectivity index (χ2v) is 3.46. The summed E-state index contributed by atoms with van der Waals surface area (Å²) < 4.78 is 0. The quantitative estimate of drug-likeness (QED) is 0.601. The molecule has 3 heteroatoms. The Hall–Kier alpha value is -0.570. The lowest BCUT2D eigenvalue weighted by molar-refractivity contribution is -0.121. The molecule has 0 rings (SSSR count). The average Bonchev–Trinajstić information content (AvgIpc) is 2.08. The zero-order valence-electron chi connectivity index (χ0n) is 8.81. The summed E-state index contributed by atoms with van der Waals surface area (Å²) in [6.45, 7) is 5.50. The van der Waals surface area contributed by atoms with Gasteiger partial charge in [0.25, 0.3) is 0 Å². The maximum atomic E-state index is 11.1. The van der Waals surface area contributed by atoms with Crippen LogP contribution in [0.25, 0.3) is 0 Å². The van der Waals surface area contributed by atoms with Crippen molar-refractivity contribution in [2.75, 3.05) is 27.2 Å². The van der Waals surface area contributed by atoms with Crippen LogP contribution in [0.1, 0.15) is 25.7 Å². The third-order valence-electron chi connectivity index (χ3n) is 1.76. The average molecular weight is 185 g/mol. The maximum absolute atomic E-state index is 11.1. The molecular formula is C10H21N2O. The van der Waals surface area contributed by atoms with Gasteiger partial charge in [0.2, 0.25) is 5.91 Å². The standard InChI is InChI=1S/C10H21N2O/c1-4-5-7-10(13)11-8-6-9-12(2)3/h1,4-9H2,2-3H3,(H,11,13). The fourth-order valence-electron chi connectivity index (χ4n) is 0.997. The summed E-state index contributed by atoms with van der Waals surface area (Å²) in [4.78, 5) is 13.2. The van der Waals surface area contributed by atoms with Crippen LogP contribution in [0.5, 0.6) is 0 Å². The number of nitrogens with zero attached hydrogens (tertiary/aromatic N) is 1. The van der Waals surface area contributed by atoms with Crippen molar-refractivity contribution in [3.05, 3.63) is 6.92 Å². The largest absolute Gasteiger partial charge is 0.356 e. The van der Waals surface area contributed by atoms with E-state index in [1.807, 2.05) is 14.1 Å². The summed E-state index contributed by atoms with van der Waals surface area (Å²) in [5.74, 6) is 0.155. The number of rotatable bonds is 7. The first-order chi connectivity index (χ1) is 6.16. The molecule has 13 heavy (non-hydrogen) atoms. The molecule has 0 heterocycles. The van der Waals surface area contributed by atoms with Gasteiger partial charge in [-0.15, -0.1) is 0 Å². The van der Waals surface area contributed by atoms with Gasteiger partial charge in [0.05, 0.1) is 0 Å². The molecule has 0 aliphatic rings. The monoisotopic (exact) mass is 185 g/mol. The maximum Gasteiger partial charge on any atom is 0.219 e. The summed E-state index contributed by atoms with van der Waals surface area (Å²) in [5, 5.41) is 2.88. The highest BCUT2D eigenvalue weighted by molar-refractivity contribution is 5.75. The summed E-state index contributed by atoms with van der Waals surface area (Å²) in [6.07, 6.45) is 3.36. The summed E-state index contributed by atoms with van der Waals surface area (Å²) >= 11 is 0. The van der Waals surface area contributed by atoms with Crippen molar-refractivity contribution in [1.29, 1.82) is 0 Å². The third kappa shape index (κ3) is 9.34. The van der Waals surface area contributed by atoms with Crippen LogP contribution in [0.3, 0.4) is 0 Å². The highest BCUT2D eigenvalue weighted by Crippen LogP contribution is 1.92. The number of carbonyl (C=O) groups excluding carboxylic acids is 1. The van der Waals surface area contributed by atoms with Crippen LogP contribution in [0.2, 0.25) is 0 Å². The molecule has 77 valence electrons. The topological polar surface area (TPSA) is 32.3 Å². The lowest BCUT2D eigenvalue weighted by Crippen LogP contribution is -2.26. The van der Waals surface area contributed by atoms with Crippen molar-refractivity contribution in [2.45, 2.75) is 25.7 Å². The van der Waals surface area contributed by atoms with Crippen molar-refractivity contribution in [3.63, 3.8) is 0 Å². The molecule has 0 spiro atoms. The zero-order chi connectivity index (χ0) is 10.1. The molecule has 0 aliphatic carbocycles. The predicted molar refractivity (Wildman–Crippen MR) is 55.4 cm³/mol. The van der Waals surface area contributed by atoms with E-state index in [4.69, 9.17) is 0 Å². The van der Waals surface area contributed by atoms with Gasteiger partial charge in [-0.25, -0.2) is 0 Å². The van der Waals surface area contributed by atoms with Crippen molar-refractivity contribution in [3.8, 4) is 0 Å². The van der Waals surface area contributed by atoms with Gasteiger partial charge in [0, 0.05) is 13.0 Å². The number of hydrogen-bond donors (Lipinski definition) is 1. The Bertz CT molecular complexity index is 135. The first-order valence-corrected chi connectivity index (χ1v) is 4.87. The Morgan fingerprint density at radius 1 is 1.38 bits per heavy atom. The molecule has 0 saturated carbocycles. The number of nitrogens with one attached hydrogen (secondary N) is 1. The van der Waals surface area contributed by atoms with Gasteiger partial charge in [-0.3, -0.25) is 4.79 Å². The Balaban J connectivity index is 3.17. The predicted octanol–water partition coefficient (Wildman–Crippen LogP) is 1.06. The molecule has 1 radical (unpaired) electrons. The Kier molecular flexibility index (Phi) is 7.69. The molecule has 0 aromatic carbocycles. The number of amides is 1. The van der Waals surface area contributed by atoms with Gasteiger partial charge >= 0.3 is 0 Å². The molecule has 0 saturated heterocycles. The van der Waals surface area contributed by atoms with Crippen molar-refractivity contribution >= 4 is 5.91 Å². The van der Waals surface area contributed by atoms with Gasteiger partial charge < -0.3 is 10.2 Å². The Labute approximate surface area is 81.5 Å². The molecule has 3 nitrogen and oxygen atoms in total. The van der Waals surface area contributed by atoms with Crippen LogP contribution in [0.4, 0.5) is 0 Å².